The fraction of sp³-hybridized carbons (Fsp3) is 0.579. The third kappa shape index (κ3) is 5.19. The Kier molecular flexibility index (Phi) is 7.87. The topological polar surface area (TPSA) is 75.9 Å². The third-order valence-corrected chi connectivity index (χ3v) is 5.20. The molecule has 3 rings (SSSR count). The number of benzene rings is 1. The van der Waals surface area contributed by atoms with Crippen LogP contribution in [0.4, 0.5) is 0 Å². The highest BCUT2D eigenvalue weighted by Crippen LogP contribution is 2.19. The zero-order chi connectivity index (χ0) is 17.6. The number of amides is 2. The van der Waals surface area contributed by atoms with Crippen LogP contribution in [0.25, 0.3) is 0 Å². The molecule has 0 saturated carbocycles. The van der Waals surface area contributed by atoms with Gasteiger partial charge >= 0.3 is 0 Å². The van der Waals surface area contributed by atoms with Gasteiger partial charge in [-0.2, -0.15) is 0 Å². The lowest BCUT2D eigenvalue weighted by Crippen LogP contribution is -2.56. The Morgan fingerprint density at radius 2 is 1.62 bits per heavy atom. The van der Waals surface area contributed by atoms with E-state index in [0.717, 1.165) is 18.4 Å². The summed E-state index contributed by atoms with van der Waals surface area (Å²) in [6.45, 7) is 3.67. The summed E-state index contributed by atoms with van der Waals surface area (Å²) in [7, 11) is 0. The molecule has 1 unspecified atom stereocenters. The van der Waals surface area contributed by atoms with Crippen LogP contribution in [-0.4, -0.2) is 67.0 Å². The average Bonchev–Trinajstić information content (AvgIpc) is 2.68. The molecule has 26 heavy (non-hydrogen) atoms. The highest BCUT2D eigenvalue weighted by atomic mass is 35.5. The maximum atomic E-state index is 12.6. The quantitative estimate of drug-likeness (QED) is 0.846. The number of nitrogens with zero attached hydrogens (tertiary/aromatic N) is 2. The summed E-state index contributed by atoms with van der Waals surface area (Å²) in [4.78, 5) is 28.7. The molecule has 1 aromatic rings. The summed E-state index contributed by atoms with van der Waals surface area (Å²) < 4.78 is 5.34. The van der Waals surface area contributed by atoms with Gasteiger partial charge in [-0.1, -0.05) is 30.3 Å². The molecule has 144 valence electrons. The van der Waals surface area contributed by atoms with Crippen molar-refractivity contribution in [3.8, 4) is 0 Å². The molecule has 0 bridgehead atoms. The molecule has 2 saturated heterocycles. The largest absolute Gasteiger partial charge is 0.381 e. The van der Waals surface area contributed by atoms with E-state index in [2.05, 4.69) is 0 Å². The smallest absolute Gasteiger partial charge is 0.239 e. The van der Waals surface area contributed by atoms with E-state index in [0.29, 0.717) is 45.8 Å². The van der Waals surface area contributed by atoms with Crippen LogP contribution >= 0.6 is 12.4 Å². The molecule has 7 heteroatoms. The molecule has 1 atom stereocenters. The Labute approximate surface area is 161 Å². The number of ether oxygens (including phenoxy) is 1. The van der Waals surface area contributed by atoms with Crippen molar-refractivity contribution in [3.63, 3.8) is 0 Å². The van der Waals surface area contributed by atoms with Crippen LogP contribution in [0.1, 0.15) is 18.4 Å². The van der Waals surface area contributed by atoms with E-state index in [-0.39, 0.29) is 30.1 Å². The predicted molar refractivity (Wildman–Crippen MR) is 102 cm³/mol. The van der Waals surface area contributed by atoms with E-state index in [4.69, 9.17) is 10.5 Å². The van der Waals surface area contributed by atoms with E-state index in [1.54, 1.807) is 0 Å². The van der Waals surface area contributed by atoms with E-state index < -0.39 is 6.04 Å². The second-order valence-corrected chi connectivity index (χ2v) is 6.84. The normalized spacial score (nSPS) is 19.6. The van der Waals surface area contributed by atoms with Gasteiger partial charge in [0.05, 0.1) is 12.5 Å². The monoisotopic (exact) mass is 381 g/mol. The summed E-state index contributed by atoms with van der Waals surface area (Å²) in [6, 6.07) is 9.30. The minimum Gasteiger partial charge on any atom is -0.381 e. The van der Waals surface area contributed by atoms with Crippen LogP contribution in [0.2, 0.25) is 0 Å². The maximum absolute atomic E-state index is 12.6. The van der Waals surface area contributed by atoms with Gasteiger partial charge in [0.2, 0.25) is 11.8 Å². The molecule has 2 aliphatic rings. The second-order valence-electron chi connectivity index (χ2n) is 6.84. The third-order valence-electron chi connectivity index (χ3n) is 5.20. The number of carbonyl (C=O) groups is 2. The summed E-state index contributed by atoms with van der Waals surface area (Å²) in [5, 5.41) is 0. The van der Waals surface area contributed by atoms with Crippen molar-refractivity contribution in [3.05, 3.63) is 35.9 Å². The molecular formula is C19H28ClN3O3. The highest BCUT2D eigenvalue weighted by molar-refractivity contribution is 5.85. The number of hydrogen-bond acceptors (Lipinski definition) is 4. The zero-order valence-electron chi connectivity index (χ0n) is 15.0. The first kappa shape index (κ1) is 20.7. The lowest BCUT2D eigenvalue weighted by Gasteiger charge is -2.37. The summed E-state index contributed by atoms with van der Waals surface area (Å²) in [6.07, 6.45) is 2.11. The molecule has 1 aromatic carbocycles. The molecule has 2 heterocycles. The van der Waals surface area contributed by atoms with Gasteiger partial charge in [-0.25, -0.2) is 0 Å². The van der Waals surface area contributed by atoms with E-state index in [1.807, 2.05) is 40.1 Å². The Morgan fingerprint density at radius 1 is 1.04 bits per heavy atom. The van der Waals surface area contributed by atoms with E-state index in [1.165, 1.54) is 0 Å². The summed E-state index contributed by atoms with van der Waals surface area (Å²) in [5.74, 6) is 0.341. The Bertz CT molecular complexity index is 585. The van der Waals surface area contributed by atoms with Crippen LogP contribution < -0.4 is 5.73 Å². The Balaban J connectivity index is 0.00000243. The van der Waals surface area contributed by atoms with Gasteiger partial charge in [0, 0.05) is 39.4 Å². The van der Waals surface area contributed by atoms with E-state index in [9.17, 15) is 9.59 Å². The molecule has 0 aliphatic carbocycles. The second kappa shape index (κ2) is 9.90. The van der Waals surface area contributed by atoms with Crippen LogP contribution in [0.15, 0.2) is 30.3 Å². The molecule has 2 aliphatic heterocycles. The van der Waals surface area contributed by atoms with Crippen molar-refractivity contribution >= 4 is 24.2 Å². The minimum atomic E-state index is -0.449. The average molecular weight is 382 g/mol. The van der Waals surface area contributed by atoms with Crippen LogP contribution in [0.5, 0.6) is 0 Å². The van der Waals surface area contributed by atoms with Gasteiger partial charge in [-0.05, 0) is 24.3 Å². The number of hydrogen-bond donors (Lipinski definition) is 1. The zero-order valence-corrected chi connectivity index (χ0v) is 15.8. The number of carbonyl (C=O) groups excluding carboxylic acids is 2. The predicted octanol–water partition coefficient (Wildman–Crippen LogP) is 1.08. The number of nitrogens with two attached hydrogens (primary N) is 1. The van der Waals surface area contributed by atoms with Crippen LogP contribution in [-0.2, 0) is 20.7 Å². The first-order chi connectivity index (χ1) is 12.1. The Morgan fingerprint density at radius 3 is 2.23 bits per heavy atom. The fourth-order valence-electron chi connectivity index (χ4n) is 3.55. The van der Waals surface area contributed by atoms with E-state index >= 15 is 0 Å². The first-order valence-electron chi connectivity index (χ1n) is 9.09. The molecule has 0 spiro atoms. The Hall–Kier alpha value is -1.63. The van der Waals surface area contributed by atoms with Gasteiger partial charge in [0.1, 0.15) is 0 Å². The maximum Gasteiger partial charge on any atom is 0.239 e. The van der Waals surface area contributed by atoms with Crippen molar-refractivity contribution in [1.82, 2.24) is 9.80 Å². The van der Waals surface area contributed by atoms with Crippen molar-refractivity contribution in [2.24, 2.45) is 11.7 Å². The van der Waals surface area contributed by atoms with Crippen molar-refractivity contribution < 1.29 is 14.3 Å². The van der Waals surface area contributed by atoms with Gasteiger partial charge in [0.25, 0.3) is 0 Å². The standard InChI is InChI=1S/C19H27N3O3.ClH/c20-18(16-6-12-25-13-7-16)19(24)22-10-8-21(9-11-22)17(23)14-15-4-2-1-3-5-15;/h1-5,16,18H,6-14,20H2;1H. The van der Waals surface area contributed by atoms with Gasteiger partial charge in [0.15, 0.2) is 0 Å². The van der Waals surface area contributed by atoms with Gasteiger partial charge < -0.3 is 20.3 Å². The summed E-state index contributed by atoms with van der Waals surface area (Å²) >= 11 is 0. The molecule has 2 fully saturated rings. The lowest BCUT2D eigenvalue weighted by molar-refractivity contribution is -0.141. The van der Waals surface area contributed by atoms with Crippen molar-refractivity contribution in [2.45, 2.75) is 25.3 Å². The first-order valence-corrected chi connectivity index (χ1v) is 9.09. The van der Waals surface area contributed by atoms with Crippen LogP contribution in [0, 0.1) is 5.92 Å². The molecule has 0 radical (unpaired) electrons. The fourth-order valence-corrected chi connectivity index (χ4v) is 3.55. The summed E-state index contributed by atoms with van der Waals surface area (Å²) in [5.41, 5.74) is 7.21. The van der Waals surface area contributed by atoms with Crippen molar-refractivity contribution in [1.29, 1.82) is 0 Å². The van der Waals surface area contributed by atoms with Crippen LogP contribution in [0.3, 0.4) is 0 Å². The highest BCUT2D eigenvalue weighted by Gasteiger charge is 2.32. The number of rotatable bonds is 4. The number of halogens is 1. The van der Waals surface area contributed by atoms with Crippen molar-refractivity contribution in [2.75, 3.05) is 39.4 Å². The lowest BCUT2D eigenvalue weighted by atomic mass is 9.91. The molecule has 6 nitrogen and oxygen atoms in total. The molecule has 2 N–H and O–H groups in total. The molecule has 0 aromatic heterocycles. The van der Waals surface area contributed by atoms with Gasteiger partial charge in [-0.15, -0.1) is 12.4 Å². The van der Waals surface area contributed by atoms with Gasteiger partial charge in [-0.3, -0.25) is 9.59 Å². The molecule has 2 amide bonds. The SMILES string of the molecule is Cl.NC(C(=O)N1CCN(C(=O)Cc2ccccc2)CC1)C1CCOCC1. The molecular weight excluding hydrogens is 354 g/mol. The minimum absolute atomic E-state index is 0. The number of piperazine rings is 1.